The van der Waals surface area contributed by atoms with E-state index >= 15 is 0 Å². The summed E-state index contributed by atoms with van der Waals surface area (Å²) in [6, 6.07) is 17.7. The number of hydrogen-bond donors (Lipinski definition) is 4. The molecule has 4 N–H and O–H groups in total. The summed E-state index contributed by atoms with van der Waals surface area (Å²) in [5.74, 6) is -1.84. The number of aromatic amines is 1. The predicted molar refractivity (Wildman–Crippen MR) is 161 cm³/mol. The summed E-state index contributed by atoms with van der Waals surface area (Å²) in [6.07, 6.45) is 1.96. The summed E-state index contributed by atoms with van der Waals surface area (Å²) in [4.78, 5) is 56.6. The highest BCUT2D eigenvalue weighted by Gasteiger charge is 2.35. The average Bonchev–Trinajstić information content (AvgIpc) is 3.39. The number of benzene rings is 3. The van der Waals surface area contributed by atoms with Gasteiger partial charge in [-0.1, -0.05) is 83.3 Å². The van der Waals surface area contributed by atoms with Crippen LogP contribution in [-0.4, -0.2) is 52.6 Å². The zero-order chi connectivity index (χ0) is 29.8. The molecule has 1 fully saturated rings. The van der Waals surface area contributed by atoms with Crippen LogP contribution in [0, 0.1) is 0 Å². The molecule has 5 rings (SSSR count). The highest BCUT2D eigenvalue weighted by atomic mass is 35.5. The van der Waals surface area contributed by atoms with Gasteiger partial charge in [-0.2, -0.15) is 0 Å². The van der Waals surface area contributed by atoms with Crippen LogP contribution in [-0.2, 0) is 32.1 Å². The molecule has 2 atom stereocenters. The summed E-state index contributed by atoms with van der Waals surface area (Å²) >= 11 is 18.3. The van der Waals surface area contributed by atoms with Crippen molar-refractivity contribution in [3.8, 4) is 0 Å². The van der Waals surface area contributed by atoms with Gasteiger partial charge in [0.2, 0.25) is 17.7 Å². The number of para-hydroxylation sites is 1. The third-order valence-corrected chi connectivity index (χ3v) is 8.12. The molecule has 0 bridgehead atoms. The molecule has 4 amide bonds. The number of piperazine rings is 1. The van der Waals surface area contributed by atoms with Crippen molar-refractivity contribution in [2.75, 3.05) is 13.1 Å². The highest BCUT2D eigenvalue weighted by molar-refractivity contribution is 6.48. The van der Waals surface area contributed by atoms with Gasteiger partial charge in [-0.15, -0.1) is 0 Å². The molecular formula is C30H26Cl3N5O4. The Bertz CT molecular complexity index is 1640. The molecule has 9 nitrogen and oxygen atoms in total. The van der Waals surface area contributed by atoms with Crippen LogP contribution in [0.1, 0.15) is 22.7 Å². The lowest BCUT2D eigenvalue weighted by atomic mass is 10.0. The first-order chi connectivity index (χ1) is 20.2. The molecular weight excluding hydrogens is 601 g/mol. The minimum Gasteiger partial charge on any atom is -0.361 e. The van der Waals surface area contributed by atoms with Crippen LogP contribution in [0.4, 0.5) is 0 Å². The first-order valence-corrected chi connectivity index (χ1v) is 14.2. The Morgan fingerprint density at radius 3 is 2.40 bits per heavy atom. The Hall–Kier alpha value is -4.05. The number of nitrogens with zero attached hydrogens (tertiary/aromatic N) is 1. The van der Waals surface area contributed by atoms with Gasteiger partial charge in [0, 0.05) is 30.1 Å². The summed E-state index contributed by atoms with van der Waals surface area (Å²) in [6.45, 7) is -0.581. The van der Waals surface area contributed by atoms with Gasteiger partial charge in [0.05, 0.1) is 15.1 Å². The lowest BCUT2D eigenvalue weighted by Gasteiger charge is -2.32. The predicted octanol–water partition coefficient (Wildman–Crippen LogP) is 4.17. The van der Waals surface area contributed by atoms with Gasteiger partial charge in [0.15, 0.2) is 0 Å². The van der Waals surface area contributed by atoms with Crippen molar-refractivity contribution in [2.24, 2.45) is 0 Å². The minimum absolute atomic E-state index is 0.0826. The van der Waals surface area contributed by atoms with E-state index in [1.165, 1.54) is 4.90 Å². The van der Waals surface area contributed by atoms with Crippen LogP contribution in [0.2, 0.25) is 15.1 Å². The Morgan fingerprint density at radius 1 is 0.976 bits per heavy atom. The largest absolute Gasteiger partial charge is 0.361 e. The first-order valence-electron chi connectivity index (χ1n) is 13.1. The van der Waals surface area contributed by atoms with Gasteiger partial charge in [-0.25, -0.2) is 0 Å². The fourth-order valence-corrected chi connectivity index (χ4v) is 5.51. The third-order valence-electron chi connectivity index (χ3n) is 6.93. The molecule has 2 heterocycles. The van der Waals surface area contributed by atoms with E-state index in [0.29, 0.717) is 11.1 Å². The van der Waals surface area contributed by atoms with Crippen molar-refractivity contribution in [2.45, 2.75) is 25.0 Å². The maximum Gasteiger partial charge on any atom is 0.250 e. The molecule has 1 aromatic heterocycles. The average molecular weight is 627 g/mol. The summed E-state index contributed by atoms with van der Waals surface area (Å²) in [7, 11) is 0. The number of H-pyrrole nitrogens is 1. The van der Waals surface area contributed by atoms with Gasteiger partial charge in [0.1, 0.15) is 25.2 Å². The topological polar surface area (TPSA) is 123 Å². The van der Waals surface area contributed by atoms with Crippen molar-refractivity contribution in [1.29, 1.82) is 0 Å². The maximum absolute atomic E-state index is 13.4. The maximum atomic E-state index is 13.4. The fraction of sp³-hybridized carbons (Fsp3) is 0.200. The molecule has 0 saturated carbocycles. The number of nitrogens with one attached hydrogen (secondary N) is 4. The Labute approximate surface area is 256 Å². The van der Waals surface area contributed by atoms with Crippen LogP contribution >= 0.6 is 34.8 Å². The van der Waals surface area contributed by atoms with Crippen molar-refractivity contribution >= 4 is 69.3 Å². The molecule has 0 radical (unpaired) electrons. The van der Waals surface area contributed by atoms with Crippen LogP contribution in [0.15, 0.2) is 72.9 Å². The minimum atomic E-state index is -0.992. The normalized spacial score (nSPS) is 15.8. The lowest BCUT2D eigenvalue weighted by molar-refractivity contribution is -0.146. The number of carbonyl (C=O) groups excluding carboxylic acids is 4. The van der Waals surface area contributed by atoms with Gasteiger partial charge < -0.3 is 25.8 Å². The standard InChI is InChI=1S/C30H26Cl3N5O4/c31-21-10-17(11-22(32)27(21)33)13-35-29(41)24(12-19-14-34-23-9-5-4-8-20(19)23)36-25(39)15-38-16-26(40)37-28(30(38)42)18-6-2-1-3-7-18/h1-11,14,24,28,34H,12-13,15-16H2,(H,35,41)(H,36,39)(H,37,40). The molecule has 42 heavy (non-hydrogen) atoms. The number of hydrogen-bond acceptors (Lipinski definition) is 4. The smallest absolute Gasteiger partial charge is 0.250 e. The molecule has 0 spiro atoms. The van der Waals surface area contributed by atoms with Gasteiger partial charge in [0.25, 0.3) is 5.91 Å². The fourth-order valence-electron chi connectivity index (χ4n) is 4.87. The Morgan fingerprint density at radius 2 is 1.67 bits per heavy atom. The van der Waals surface area contributed by atoms with E-state index in [1.54, 1.807) is 48.7 Å². The molecule has 0 aliphatic carbocycles. The SMILES string of the molecule is O=C(CN1CC(=O)NC(c2ccccc2)C1=O)NC(Cc1c[nH]c2ccccc12)C(=O)NCc1cc(Cl)c(Cl)c(Cl)c1. The second-order valence-corrected chi connectivity index (χ2v) is 11.1. The summed E-state index contributed by atoms with van der Waals surface area (Å²) in [5.41, 5.74) is 2.94. The third kappa shape index (κ3) is 6.70. The monoisotopic (exact) mass is 625 g/mol. The second-order valence-electron chi connectivity index (χ2n) is 9.88. The van der Waals surface area contributed by atoms with Crippen molar-refractivity contribution in [3.63, 3.8) is 0 Å². The molecule has 2 unspecified atom stereocenters. The molecule has 12 heteroatoms. The zero-order valence-corrected chi connectivity index (χ0v) is 24.4. The molecule has 1 aliphatic heterocycles. The van der Waals surface area contributed by atoms with Crippen LogP contribution in [0.5, 0.6) is 0 Å². The van der Waals surface area contributed by atoms with Crippen molar-refractivity contribution in [1.82, 2.24) is 25.8 Å². The molecule has 4 aromatic rings. The van der Waals surface area contributed by atoms with Gasteiger partial charge in [-0.05, 0) is 34.9 Å². The van der Waals surface area contributed by atoms with E-state index in [4.69, 9.17) is 34.8 Å². The van der Waals surface area contributed by atoms with E-state index in [2.05, 4.69) is 20.9 Å². The van der Waals surface area contributed by atoms with Crippen molar-refractivity contribution in [3.05, 3.63) is 105 Å². The van der Waals surface area contributed by atoms with Gasteiger partial charge in [-0.3, -0.25) is 19.2 Å². The first kappa shape index (κ1) is 29.4. The van der Waals surface area contributed by atoms with E-state index < -0.39 is 36.3 Å². The number of aromatic nitrogens is 1. The number of amides is 4. The van der Waals surface area contributed by atoms with E-state index in [9.17, 15) is 19.2 Å². The van der Waals surface area contributed by atoms with E-state index in [1.807, 2.05) is 24.3 Å². The number of halogens is 3. The highest BCUT2D eigenvalue weighted by Crippen LogP contribution is 2.31. The quantitative estimate of drug-likeness (QED) is 0.208. The van der Waals surface area contributed by atoms with E-state index in [0.717, 1.165) is 16.5 Å². The van der Waals surface area contributed by atoms with Crippen molar-refractivity contribution < 1.29 is 19.2 Å². The molecule has 3 aromatic carbocycles. The molecule has 1 saturated heterocycles. The number of rotatable bonds is 9. The second kappa shape index (κ2) is 12.9. The zero-order valence-electron chi connectivity index (χ0n) is 22.1. The molecule has 1 aliphatic rings. The van der Waals surface area contributed by atoms with Crippen LogP contribution < -0.4 is 16.0 Å². The van der Waals surface area contributed by atoms with Crippen LogP contribution in [0.25, 0.3) is 10.9 Å². The van der Waals surface area contributed by atoms with Gasteiger partial charge >= 0.3 is 0 Å². The Kier molecular flexibility index (Phi) is 9.01. The lowest BCUT2D eigenvalue weighted by Crippen LogP contribution is -2.57. The Balaban J connectivity index is 1.32. The molecule has 216 valence electrons. The van der Waals surface area contributed by atoms with Crippen LogP contribution in [0.3, 0.4) is 0 Å². The van der Waals surface area contributed by atoms with E-state index in [-0.39, 0.29) is 40.5 Å². The summed E-state index contributed by atoms with van der Waals surface area (Å²) in [5, 5.41) is 9.89. The number of carbonyl (C=O) groups is 4. The summed E-state index contributed by atoms with van der Waals surface area (Å²) < 4.78 is 0. The number of fused-ring (bicyclic) bond motifs is 1.